The molecule has 1 aliphatic rings. The van der Waals surface area contributed by atoms with E-state index in [2.05, 4.69) is 106 Å². The first-order chi connectivity index (χ1) is 15.1. The summed E-state index contributed by atoms with van der Waals surface area (Å²) in [7, 11) is 13.6. The molecule has 0 N–H and O–H groups in total. The van der Waals surface area contributed by atoms with Crippen molar-refractivity contribution in [1.82, 2.24) is 0 Å². The number of benzene rings is 2. The molecule has 0 radical (unpaired) electrons. The van der Waals surface area contributed by atoms with Crippen molar-refractivity contribution in [2.45, 2.75) is 96.5 Å². The van der Waals surface area contributed by atoms with Crippen molar-refractivity contribution >= 4 is 23.1 Å². The first-order valence-electron chi connectivity index (χ1n) is 12.3. The molecular weight excluding hydrogens is 522 g/mol. The van der Waals surface area contributed by atoms with Gasteiger partial charge >= 0.3 is 219 Å². The van der Waals surface area contributed by atoms with Gasteiger partial charge in [-0.1, -0.05) is 0 Å². The Morgan fingerprint density at radius 3 is 1.76 bits per heavy atom. The fourth-order valence-electron chi connectivity index (χ4n) is 4.84. The maximum atomic E-state index is 6.80. The van der Waals surface area contributed by atoms with E-state index in [4.69, 9.17) is 17.0 Å². The van der Waals surface area contributed by atoms with Crippen molar-refractivity contribution in [2.24, 2.45) is 5.41 Å². The average molecular weight is 564 g/mol. The van der Waals surface area contributed by atoms with Gasteiger partial charge in [-0.3, -0.25) is 0 Å². The number of hydrogen-bond donors (Lipinski definition) is 0. The summed E-state index contributed by atoms with van der Waals surface area (Å²) in [5.74, 6) is 0. The number of rotatable bonds is 4. The van der Waals surface area contributed by atoms with Crippen LogP contribution in [0.5, 0.6) is 0 Å². The molecule has 1 atom stereocenters. The summed E-state index contributed by atoms with van der Waals surface area (Å²) in [5, 5.41) is 0. The van der Waals surface area contributed by atoms with E-state index >= 15 is 0 Å². The van der Waals surface area contributed by atoms with Crippen LogP contribution in [0.25, 0.3) is 17.2 Å². The molecule has 3 heteroatoms. The molecule has 0 bridgehead atoms. The molecule has 2 aromatic rings. The first kappa shape index (κ1) is 27.2. The van der Waals surface area contributed by atoms with Gasteiger partial charge in [0.1, 0.15) is 0 Å². The molecule has 1 unspecified atom stereocenters. The van der Waals surface area contributed by atoms with E-state index in [1.807, 2.05) is 0 Å². The van der Waals surface area contributed by atoms with Gasteiger partial charge in [-0.15, -0.1) is 0 Å². The van der Waals surface area contributed by atoms with Crippen LogP contribution in [0.15, 0.2) is 35.9 Å². The van der Waals surface area contributed by atoms with Gasteiger partial charge in [0, 0.05) is 0 Å². The number of aryl methyl sites for hydroxylation is 1. The maximum absolute atomic E-state index is 6.80. The number of allylic oxidation sites excluding steroid dienone is 1. The third-order valence-corrected chi connectivity index (χ3v) is 12.0. The molecule has 0 heterocycles. The van der Waals surface area contributed by atoms with Gasteiger partial charge in [0.2, 0.25) is 0 Å². The Labute approximate surface area is 217 Å². The fourth-order valence-corrected chi connectivity index (χ4v) is 10.7. The summed E-state index contributed by atoms with van der Waals surface area (Å²) in [4.78, 5) is 0. The summed E-state index contributed by atoms with van der Waals surface area (Å²) >= 11 is -2.59. The van der Waals surface area contributed by atoms with Crippen LogP contribution < -0.4 is 0 Å². The molecule has 33 heavy (non-hydrogen) atoms. The predicted molar refractivity (Wildman–Crippen MR) is 145 cm³/mol. The van der Waals surface area contributed by atoms with E-state index in [9.17, 15) is 0 Å². The Morgan fingerprint density at radius 2 is 1.33 bits per heavy atom. The van der Waals surface area contributed by atoms with Crippen molar-refractivity contribution in [3.05, 3.63) is 63.7 Å². The Hall–Kier alpha value is -0.357. The molecule has 0 fully saturated rings. The van der Waals surface area contributed by atoms with Crippen molar-refractivity contribution in [2.75, 3.05) is 0 Å². The summed E-state index contributed by atoms with van der Waals surface area (Å²) in [6.45, 7) is 23.0. The van der Waals surface area contributed by atoms with Crippen LogP contribution in [0.4, 0.5) is 0 Å². The molecule has 0 amide bonds. The molecule has 1 aliphatic carbocycles. The molecule has 0 aliphatic heterocycles. The molecule has 0 nitrogen and oxygen atoms in total. The van der Waals surface area contributed by atoms with E-state index in [0.29, 0.717) is 0 Å². The van der Waals surface area contributed by atoms with Crippen molar-refractivity contribution in [3.63, 3.8) is 0 Å². The Morgan fingerprint density at radius 1 is 0.788 bits per heavy atom. The second-order valence-corrected chi connectivity index (χ2v) is 21.5. The van der Waals surface area contributed by atoms with Crippen LogP contribution in [-0.4, -0.2) is 0 Å². The first-order valence-corrected chi connectivity index (χ1v) is 20.0. The minimum absolute atomic E-state index is 0.0469. The summed E-state index contributed by atoms with van der Waals surface area (Å²) in [6, 6.07) is 12.0. The van der Waals surface area contributed by atoms with E-state index < -0.39 is 19.4 Å². The van der Waals surface area contributed by atoms with Crippen molar-refractivity contribution < 1.29 is 19.4 Å². The molecule has 179 valence electrons. The third-order valence-electron chi connectivity index (χ3n) is 6.84. The minimum atomic E-state index is -2.59. The van der Waals surface area contributed by atoms with Gasteiger partial charge in [-0.05, 0) is 0 Å². The second kappa shape index (κ2) is 9.60. The van der Waals surface area contributed by atoms with Crippen LogP contribution >= 0.6 is 17.0 Å². The van der Waals surface area contributed by atoms with E-state index in [-0.39, 0.29) is 19.9 Å². The van der Waals surface area contributed by atoms with Gasteiger partial charge in [-0.2, -0.15) is 0 Å². The normalized spacial score (nSPS) is 16.6. The number of halogens is 2. The van der Waals surface area contributed by atoms with E-state index in [1.54, 1.807) is 0 Å². The van der Waals surface area contributed by atoms with Crippen LogP contribution in [-0.2, 0) is 36.6 Å². The van der Waals surface area contributed by atoms with Crippen LogP contribution in [0.3, 0.4) is 0 Å². The van der Waals surface area contributed by atoms with Crippen molar-refractivity contribution in [1.29, 1.82) is 0 Å². The van der Waals surface area contributed by atoms with Gasteiger partial charge in [0.15, 0.2) is 0 Å². The van der Waals surface area contributed by atoms with Gasteiger partial charge < -0.3 is 0 Å². The Balaban J connectivity index is 2.41. The van der Waals surface area contributed by atoms with Crippen molar-refractivity contribution in [3.8, 4) is 11.1 Å². The van der Waals surface area contributed by atoms with Gasteiger partial charge in [0.05, 0.1) is 0 Å². The predicted octanol–water partition coefficient (Wildman–Crippen LogP) is 10.3. The van der Waals surface area contributed by atoms with Crippen LogP contribution in [0.1, 0.15) is 107 Å². The molecule has 0 spiro atoms. The summed E-state index contributed by atoms with van der Waals surface area (Å²) in [6.07, 6.45) is 4.65. The number of hydrogen-bond acceptors (Lipinski definition) is 0. The zero-order valence-electron chi connectivity index (χ0n) is 22.2. The topological polar surface area (TPSA) is 0 Å². The number of fused-ring (bicyclic) bond motifs is 1. The molecular formula is C30H41Cl2Zr. The molecule has 0 saturated carbocycles. The van der Waals surface area contributed by atoms with Gasteiger partial charge in [0.25, 0.3) is 0 Å². The molecule has 3 rings (SSSR count). The Kier molecular flexibility index (Phi) is 7.92. The molecule has 2 aromatic carbocycles. The molecule has 0 aromatic heterocycles. The SMILES string of the molecule is CCCc1ccc2c(c1-c1cc(C(C)(C)C)cc(C(C)(C)C)c1)C=C(C(C)(C)C)[CH]2[Zr]([Cl])[Cl]. The average Bonchev–Trinajstić information content (AvgIpc) is 3.06. The third kappa shape index (κ3) is 5.73. The zero-order chi connectivity index (χ0) is 24.9. The molecule has 0 saturated heterocycles. The van der Waals surface area contributed by atoms with E-state index in [1.165, 1.54) is 44.5 Å². The summed E-state index contributed by atoms with van der Waals surface area (Å²) < 4.78 is 0.230. The fraction of sp³-hybridized carbons (Fsp3) is 0.533. The zero-order valence-corrected chi connectivity index (χ0v) is 26.2. The second-order valence-electron chi connectivity index (χ2n) is 12.7. The standard InChI is InChI=1S/C30H41.2ClH.Zr/c1-11-12-20-13-14-21-15-25(30(8,9)10)19-26(21)27(20)22-16-23(28(2,3)4)18-24(17-22)29(5,6)7;;;/h13-19H,11-12H2,1-10H3;2*1H;/q;;;+2/p-2. The van der Waals surface area contributed by atoms with Crippen LogP contribution in [0.2, 0.25) is 0 Å². The van der Waals surface area contributed by atoms with Gasteiger partial charge in [-0.25, -0.2) is 0 Å². The quantitative estimate of drug-likeness (QED) is 0.347. The van der Waals surface area contributed by atoms with Crippen LogP contribution in [0, 0.1) is 5.41 Å². The Bertz CT molecular complexity index is 1020. The summed E-state index contributed by atoms with van der Waals surface area (Å²) in [5.41, 5.74) is 11.3. The monoisotopic (exact) mass is 561 g/mol. The van der Waals surface area contributed by atoms with E-state index in [0.717, 1.165) is 12.8 Å².